The van der Waals surface area contributed by atoms with Gasteiger partial charge in [0, 0.05) is 25.7 Å². The number of aliphatic hydroxyl groups excluding tert-OH is 1. The first-order valence-electron chi connectivity index (χ1n) is 7.90. The van der Waals surface area contributed by atoms with Gasteiger partial charge < -0.3 is 20.1 Å². The summed E-state index contributed by atoms with van der Waals surface area (Å²) in [7, 11) is 0. The van der Waals surface area contributed by atoms with Crippen LogP contribution in [0.2, 0.25) is 0 Å². The summed E-state index contributed by atoms with van der Waals surface area (Å²) in [5.74, 6) is 1.44. The average molecular weight is 270 g/mol. The molecule has 2 rings (SSSR count). The SMILES string of the molecule is CCN1CCC(NCC(O)COCC2CC2)C(C)C1. The number of likely N-dealkylation sites (tertiary alicyclic amines) is 1. The molecule has 2 aliphatic rings. The van der Waals surface area contributed by atoms with Crippen LogP contribution in [0.1, 0.15) is 33.1 Å². The molecule has 0 aromatic rings. The van der Waals surface area contributed by atoms with Crippen LogP contribution < -0.4 is 5.32 Å². The van der Waals surface area contributed by atoms with E-state index in [2.05, 4.69) is 24.1 Å². The van der Waals surface area contributed by atoms with Crippen LogP contribution in [0.25, 0.3) is 0 Å². The third kappa shape index (κ3) is 5.38. The van der Waals surface area contributed by atoms with Crippen LogP contribution in [0.5, 0.6) is 0 Å². The number of piperidine rings is 1. The quantitative estimate of drug-likeness (QED) is 0.693. The predicted octanol–water partition coefficient (Wildman–Crippen LogP) is 1.09. The van der Waals surface area contributed by atoms with Gasteiger partial charge in [-0.2, -0.15) is 0 Å². The molecule has 0 aromatic carbocycles. The zero-order valence-electron chi connectivity index (χ0n) is 12.5. The minimum atomic E-state index is -0.366. The minimum Gasteiger partial charge on any atom is -0.389 e. The van der Waals surface area contributed by atoms with Gasteiger partial charge in [-0.1, -0.05) is 13.8 Å². The Hall–Kier alpha value is -0.160. The Morgan fingerprint density at radius 3 is 2.79 bits per heavy atom. The Morgan fingerprint density at radius 2 is 2.16 bits per heavy atom. The van der Waals surface area contributed by atoms with Crippen molar-refractivity contribution in [3.63, 3.8) is 0 Å². The monoisotopic (exact) mass is 270 g/mol. The number of ether oxygens (including phenoxy) is 1. The fraction of sp³-hybridized carbons (Fsp3) is 1.00. The molecule has 0 aromatic heterocycles. The van der Waals surface area contributed by atoms with Crippen LogP contribution in [0, 0.1) is 11.8 Å². The van der Waals surface area contributed by atoms with Crippen LogP contribution in [-0.4, -0.2) is 61.5 Å². The largest absolute Gasteiger partial charge is 0.389 e. The van der Waals surface area contributed by atoms with Gasteiger partial charge in [-0.05, 0) is 44.2 Å². The first-order chi connectivity index (χ1) is 9.19. The van der Waals surface area contributed by atoms with Crippen LogP contribution >= 0.6 is 0 Å². The fourth-order valence-corrected chi connectivity index (χ4v) is 2.82. The molecule has 0 radical (unpaired) electrons. The molecule has 1 aliphatic carbocycles. The van der Waals surface area contributed by atoms with E-state index in [1.54, 1.807) is 0 Å². The van der Waals surface area contributed by atoms with Gasteiger partial charge in [-0.25, -0.2) is 0 Å². The Labute approximate surface area is 117 Å². The lowest BCUT2D eigenvalue weighted by Crippen LogP contribution is -2.50. The molecule has 0 spiro atoms. The molecular formula is C15H30N2O2. The van der Waals surface area contributed by atoms with Crippen molar-refractivity contribution in [3.8, 4) is 0 Å². The molecule has 0 bridgehead atoms. The molecule has 2 fully saturated rings. The zero-order valence-corrected chi connectivity index (χ0v) is 12.5. The van der Waals surface area contributed by atoms with E-state index in [1.165, 1.54) is 32.4 Å². The highest BCUT2D eigenvalue weighted by molar-refractivity contribution is 4.83. The molecule has 3 atom stereocenters. The molecule has 112 valence electrons. The number of rotatable bonds is 8. The summed E-state index contributed by atoms with van der Waals surface area (Å²) in [5.41, 5.74) is 0. The summed E-state index contributed by atoms with van der Waals surface area (Å²) in [5, 5.41) is 13.4. The van der Waals surface area contributed by atoms with Crippen LogP contribution in [0.15, 0.2) is 0 Å². The second-order valence-electron chi connectivity index (χ2n) is 6.31. The Balaban J connectivity index is 1.55. The highest BCUT2D eigenvalue weighted by Crippen LogP contribution is 2.28. The van der Waals surface area contributed by atoms with Gasteiger partial charge in [0.15, 0.2) is 0 Å². The third-order valence-corrected chi connectivity index (χ3v) is 4.41. The molecule has 2 N–H and O–H groups in total. The van der Waals surface area contributed by atoms with Crippen molar-refractivity contribution in [1.82, 2.24) is 10.2 Å². The number of hydrogen-bond donors (Lipinski definition) is 2. The van der Waals surface area contributed by atoms with Crippen molar-refractivity contribution < 1.29 is 9.84 Å². The molecule has 1 heterocycles. The van der Waals surface area contributed by atoms with E-state index in [-0.39, 0.29) is 6.10 Å². The van der Waals surface area contributed by atoms with Crippen LogP contribution in [0.3, 0.4) is 0 Å². The molecule has 3 unspecified atom stereocenters. The third-order valence-electron chi connectivity index (χ3n) is 4.41. The summed E-state index contributed by atoms with van der Waals surface area (Å²) >= 11 is 0. The van der Waals surface area contributed by atoms with Crippen molar-refractivity contribution in [2.75, 3.05) is 39.4 Å². The van der Waals surface area contributed by atoms with E-state index >= 15 is 0 Å². The lowest BCUT2D eigenvalue weighted by molar-refractivity contribution is 0.0282. The zero-order chi connectivity index (χ0) is 13.7. The molecule has 0 amide bonds. The highest BCUT2D eigenvalue weighted by Gasteiger charge is 2.25. The summed E-state index contributed by atoms with van der Waals surface area (Å²) in [4.78, 5) is 2.50. The van der Waals surface area contributed by atoms with Crippen molar-refractivity contribution in [1.29, 1.82) is 0 Å². The van der Waals surface area contributed by atoms with Gasteiger partial charge in [-0.3, -0.25) is 0 Å². The summed E-state index contributed by atoms with van der Waals surface area (Å²) in [6, 6.07) is 0.542. The fourth-order valence-electron chi connectivity index (χ4n) is 2.82. The number of aliphatic hydroxyl groups is 1. The van der Waals surface area contributed by atoms with Crippen molar-refractivity contribution in [3.05, 3.63) is 0 Å². The van der Waals surface area contributed by atoms with Crippen molar-refractivity contribution >= 4 is 0 Å². The van der Waals surface area contributed by atoms with Crippen molar-refractivity contribution in [2.45, 2.75) is 45.3 Å². The summed E-state index contributed by atoms with van der Waals surface area (Å²) in [6.45, 7) is 9.99. The predicted molar refractivity (Wildman–Crippen MR) is 77.2 cm³/mol. The van der Waals surface area contributed by atoms with Gasteiger partial charge in [0.05, 0.1) is 12.7 Å². The first-order valence-corrected chi connectivity index (χ1v) is 7.90. The van der Waals surface area contributed by atoms with E-state index in [1.807, 2.05) is 0 Å². The van der Waals surface area contributed by atoms with Gasteiger partial charge in [0.1, 0.15) is 0 Å². The second kappa shape index (κ2) is 7.58. The molecular weight excluding hydrogens is 240 g/mol. The topological polar surface area (TPSA) is 44.7 Å². The normalized spacial score (nSPS) is 30.5. The van der Waals surface area contributed by atoms with Gasteiger partial charge in [0.2, 0.25) is 0 Å². The summed E-state index contributed by atoms with van der Waals surface area (Å²) in [6.07, 6.45) is 3.43. The van der Waals surface area contributed by atoms with Crippen LogP contribution in [0.4, 0.5) is 0 Å². The molecule has 4 nitrogen and oxygen atoms in total. The minimum absolute atomic E-state index is 0.366. The smallest absolute Gasteiger partial charge is 0.0897 e. The highest BCUT2D eigenvalue weighted by atomic mass is 16.5. The molecule has 1 saturated carbocycles. The van der Waals surface area contributed by atoms with Gasteiger partial charge in [-0.15, -0.1) is 0 Å². The maximum absolute atomic E-state index is 9.90. The summed E-state index contributed by atoms with van der Waals surface area (Å²) < 4.78 is 5.52. The van der Waals surface area contributed by atoms with Gasteiger partial charge in [0.25, 0.3) is 0 Å². The maximum Gasteiger partial charge on any atom is 0.0897 e. The number of hydrogen-bond acceptors (Lipinski definition) is 4. The molecule has 19 heavy (non-hydrogen) atoms. The molecule has 4 heteroatoms. The number of nitrogens with one attached hydrogen (secondary N) is 1. The average Bonchev–Trinajstić information content (AvgIpc) is 3.21. The Kier molecular flexibility index (Phi) is 6.07. The molecule has 1 aliphatic heterocycles. The first kappa shape index (κ1) is 15.2. The van der Waals surface area contributed by atoms with Crippen molar-refractivity contribution in [2.24, 2.45) is 11.8 Å². The van der Waals surface area contributed by atoms with Crippen LogP contribution in [-0.2, 0) is 4.74 Å². The maximum atomic E-state index is 9.90. The van der Waals surface area contributed by atoms with E-state index in [4.69, 9.17) is 4.74 Å². The number of nitrogens with zero attached hydrogens (tertiary/aromatic N) is 1. The Bertz CT molecular complexity index is 259. The van der Waals surface area contributed by atoms with E-state index in [0.29, 0.717) is 25.1 Å². The van der Waals surface area contributed by atoms with E-state index < -0.39 is 0 Å². The Morgan fingerprint density at radius 1 is 1.37 bits per heavy atom. The van der Waals surface area contributed by atoms with Gasteiger partial charge >= 0.3 is 0 Å². The second-order valence-corrected chi connectivity index (χ2v) is 6.31. The van der Waals surface area contributed by atoms with E-state index in [0.717, 1.165) is 19.1 Å². The van der Waals surface area contributed by atoms with E-state index in [9.17, 15) is 5.11 Å². The lowest BCUT2D eigenvalue weighted by atomic mass is 9.94. The standard InChI is InChI=1S/C15H30N2O2/c1-3-17-7-6-15(12(2)9-17)16-8-14(18)11-19-10-13-4-5-13/h12-16,18H,3-11H2,1-2H3. The molecule has 1 saturated heterocycles. The lowest BCUT2D eigenvalue weighted by Gasteiger charge is -2.37.